The van der Waals surface area contributed by atoms with Gasteiger partial charge in [0.15, 0.2) is 5.82 Å². The van der Waals surface area contributed by atoms with Crippen molar-refractivity contribution in [1.29, 1.82) is 0 Å². The number of ether oxygens (including phenoxy) is 1. The molecule has 1 aliphatic rings. The van der Waals surface area contributed by atoms with Gasteiger partial charge in [0, 0.05) is 43.3 Å². The number of fused-ring (bicyclic) bond motifs is 2. The van der Waals surface area contributed by atoms with E-state index in [0.29, 0.717) is 61.9 Å². The van der Waals surface area contributed by atoms with Crippen LogP contribution in [0.25, 0.3) is 22.2 Å². The highest BCUT2D eigenvalue weighted by molar-refractivity contribution is 5.90. The zero-order valence-corrected chi connectivity index (χ0v) is 19.9. The highest BCUT2D eigenvalue weighted by atomic mass is 16.5. The van der Waals surface area contributed by atoms with Crippen LogP contribution in [0.3, 0.4) is 0 Å². The normalized spacial score (nSPS) is 12.3. The number of aryl methyl sites for hydroxylation is 1. The molecule has 1 aliphatic heterocycles. The number of nitrogens with zero attached hydrogens (tertiary/aromatic N) is 3. The Balaban J connectivity index is 0.980. The van der Waals surface area contributed by atoms with Gasteiger partial charge in [-0.15, -0.1) is 0 Å². The number of amides is 1. The molecule has 0 atom stereocenters. The van der Waals surface area contributed by atoms with Gasteiger partial charge in [-0.2, -0.15) is 10.1 Å². The summed E-state index contributed by atoms with van der Waals surface area (Å²) in [5.41, 5.74) is 1.87. The first-order valence-electron chi connectivity index (χ1n) is 12.2. The first-order valence-corrected chi connectivity index (χ1v) is 12.2. The zero-order chi connectivity index (χ0) is 24.7. The van der Waals surface area contributed by atoms with Gasteiger partial charge in [0.25, 0.3) is 5.56 Å². The molecule has 0 spiro atoms. The molecular formula is C26H28N6O4. The molecule has 10 heteroatoms. The largest absolute Gasteiger partial charge is 0.493 e. The number of aromatic amines is 1. The van der Waals surface area contributed by atoms with E-state index >= 15 is 0 Å². The second kappa shape index (κ2) is 11.0. The van der Waals surface area contributed by atoms with Gasteiger partial charge in [-0.1, -0.05) is 23.4 Å². The fraction of sp³-hybridized carbons (Fsp3) is 0.346. The van der Waals surface area contributed by atoms with Gasteiger partial charge >= 0.3 is 0 Å². The molecule has 4 aromatic rings. The van der Waals surface area contributed by atoms with Gasteiger partial charge in [-0.3, -0.25) is 9.59 Å². The van der Waals surface area contributed by atoms with Crippen LogP contribution in [0.2, 0.25) is 0 Å². The van der Waals surface area contributed by atoms with Crippen molar-refractivity contribution in [2.45, 2.75) is 38.5 Å². The minimum atomic E-state index is -0.201. The minimum absolute atomic E-state index is 0.00890. The number of aromatic nitrogens is 4. The summed E-state index contributed by atoms with van der Waals surface area (Å²) in [4.78, 5) is 28.5. The van der Waals surface area contributed by atoms with E-state index in [9.17, 15) is 9.59 Å². The van der Waals surface area contributed by atoms with Crippen LogP contribution >= 0.6 is 0 Å². The molecule has 0 radical (unpaired) electrons. The zero-order valence-electron chi connectivity index (χ0n) is 19.9. The quantitative estimate of drug-likeness (QED) is 0.274. The van der Waals surface area contributed by atoms with Gasteiger partial charge in [0.2, 0.25) is 17.6 Å². The van der Waals surface area contributed by atoms with E-state index in [1.807, 2.05) is 36.4 Å². The molecule has 0 unspecified atom stereocenters. The maximum Gasteiger partial charge on any atom is 0.272 e. The Morgan fingerprint density at radius 2 is 1.92 bits per heavy atom. The molecule has 3 heterocycles. The molecule has 0 fully saturated rings. The number of nitrogens with one attached hydrogen (secondary N) is 3. The van der Waals surface area contributed by atoms with E-state index in [0.717, 1.165) is 41.5 Å². The lowest BCUT2D eigenvalue weighted by atomic mass is 10.1. The predicted octanol–water partition coefficient (Wildman–Crippen LogP) is 3.24. The second-order valence-corrected chi connectivity index (χ2v) is 8.72. The summed E-state index contributed by atoms with van der Waals surface area (Å²) in [5, 5.41) is 18.3. The van der Waals surface area contributed by atoms with Crippen molar-refractivity contribution < 1.29 is 14.1 Å². The van der Waals surface area contributed by atoms with E-state index < -0.39 is 0 Å². The fourth-order valence-electron chi connectivity index (χ4n) is 4.22. The fourth-order valence-corrected chi connectivity index (χ4v) is 4.22. The van der Waals surface area contributed by atoms with Crippen LogP contribution in [0.4, 0.5) is 5.82 Å². The summed E-state index contributed by atoms with van der Waals surface area (Å²) < 4.78 is 10.9. The molecule has 0 bridgehead atoms. The smallest absolute Gasteiger partial charge is 0.272 e. The summed E-state index contributed by atoms with van der Waals surface area (Å²) in [6.45, 7) is 2.00. The molecule has 0 aliphatic carbocycles. The highest BCUT2D eigenvalue weighted by Crippen LogP contribution is 2.29. The van der Waals surface area contributed by atoms with Crippen LogP contribution in [0.1, 0.15) is 37.1 Å². The Kier molecular flexibility index (Phi) is 7.20. The Bertz CT molecular complexity index is 1410. The number of unbranched alkanes of at least 4 members (excludes halogenated alkanes) is 1. The van der Waals surface area contributed by atoms with Crippen LogP contribution in [0, 0.1) is 0 Å². The van der Waals surface area contributed by atoms with Gasteiger partial charge in [0.05, 0.1) is 12.0 Å². The summed E-state index contributed by atoms with van der Waals surface area (Å²) in [7, 11) is 0. The third kappa shape index (κ3) is 5.54. The van der Waals surface area contributed by atoms with Gasteiger partial charge in [-0.05, 0) is 49.1 Å². The summed E-state index contributed by atoms with van der Waals surface area (Å²) >= 11 is 0. The monoisotopic (exact) mass is 488 g/mol. The number of rotatable bonds is 11. The van der Waals surface area contributed by atoms with Gasteiger partial charge in [-0.25, -0.2) is 5.10 Å². The summed E-state index contributed by atoms with van der Waals surface area (Å²) in [6.07, 6.45) is 4.17. The van der Waals surface area contributed by atoms with Crippen molar-refractivity contribution in [3.63, 3.8) is 0 Å². The van der Waals surface area contributed by atoms with Crippen molar-refractivity contribution in [3.05, 3.63) is 64.3 Å². The van der Waals surface area contributed by atoms with E-state index in [2.05, 4.69) is 31.0 Å². The van der Waals surface area contributed by atoms with Crippen molar-refractivity contribution in [2.75, 3.05) is 25.0 Å². The topological polar surface area (TPSA) is 135 Å². The Hall–Kier alpha value is -4.21. The van der Waals surface area contributed by atoms with E-state index in [1.165, 1.54) is 0 Å². The lowest BCUT2D eigenvalue weighted by Gasteiger charge is -2.08. The molecule has 3 N–H and O–H groups in total. The number of anilines is 1. The average Bonchev–Trinajstić information content (AvgIpc) is 3.57. The maximum absolute atomic E-state index is 12.2. The molecule has 0 saturated heterocycles. The number of benzene rings is 2. The van der Waals surface area contributed by atoms with Crippen LogP contribution in [0.15, 0.2) is 51.8 Å². The average molecular weight is 489 g/mol. The lowest BCUT2D eigenvalue weighted by molar-refractivity contribution is -0.121. The molecule has 0 saturated carbocycles. The van der Waals surface area contributed by atoms with Gasteiger partial charge < -0.3 is 19.9 Å². The Morgan fingerprint density at radius 1 is 1.06 bits per heavy atom. The number of hydrogen-bond acceptors (Lipinski definition) is 8. The van der Waals surface area contributed by atoms with Crippen LogP contribution in [-0.2, 0) is 17.6 Å². The molecule has 186 valence electrons. The number of H-pyrrole nitrogens is 1. The van der Waals surface area contributed by atoms with Crippen LogP contribution in [0.5, 0.6) is 5.75 Å². The Morgan fingerprint density at radius 3 is 2.83 bits per heavy atom. The van der Waals surface area contributed by atoms with Crippen LogP contribution in [-0.4, -0.2) is 45.9 Å². The molecule has 10 nitrogen and oxygen atoms in total. The van der Waals surface area contributed by atoms with E-state index in [4.69, 9.17) is 9.26 Å². The van der Waals surface area contributed by atoms with Crippen molar-refractivity contribution in [2.24, 2.45) is 0 Å². The highest BCUT2D eigenvalue weighted by Gasteiger charge is 2.15. The van der Waals surface area contributed by atoms with Crippen molar-refractivity contribution >= 4 is 22.5 Å². The van der Waals surface area contributed by atoms with Crippen molar-refractivity contribution in [3.8, 4) is 17.1 Å². The van der Waals surface area contributed by atoms with E-state index in [1.54, 1.807) is 6.07 Å². The van der Waals surface area contributed by atoms with E-state index in [-0.39, 0.29) is 11.5 Å². The minimum Gasteiger partial charge on any atom is -0.493 e. The van der Waals surface area contributed by atoms with Crippen molar-refractivity contribution in [1.82, 2.24) is 25.7 Å². The lowest BCUT2D eigenvalue weighted by Crippen LogP contribution is -2.24. The standard InChI is InChI=1S/C26H28N6O4/c33-22(27-13-3-4-14-28-25-19-6-1-2-7-20(19)26(34)31-30-25)8-5-9-23-29-24(32-36-23)18-10-11-21-17(16-18)12-15-35-21/h1-2,6-7,10-11,16H,3-5,8-9,12-15H2,(H,27,33)(H,28,30)(H,31,34). The Labute approximate surface area is 207 Å². The molecule has 1 amide bonds. The molecule has 2 aromatic heterocycles. The summed E-state index contributed by atoms with van der Waals surface area (Å²) in [6, 6.07) is 13.3. The van der Waals surface area contributed by atoms with Crippen LogP contribution < -0.4 is 20.9 Å². The second-order valence-electron chi connectivity index (χ2n) is 8.72. The third-order valence-electron chi connectivity index (χ3n) is 6.12. The SMILES string of the molecule is O=C(CCCc1nc(-c2ccc3c(c2)CCO3)no1)NCCCCNc1n[nH]c(=O)c2ccccc12. The number of carbonyl (C=O) groups excluding carboxylic acids is 1. The maximum atomic E-state index is 12.2. The number of carbonyl (C=O) groups is 1. The van der Waals surface area contributed by atoms with Gasteiger partial charge in [0.1, 0.15) is 5.75 Å². The molecule has 36 heavy (non-hydrogen) atoms. The first kappa shape index (κ1) is 23.5. The first-order chi connectivity index (χ1) is 17.7. The predicted molar refractivity (Wildman–Crippen MR) is 135 cm³/mol. The third-order valence-corrected chi connectivity index (χ3v) is 6.12. The summed E-state index contributed by atoms with van der Waals surface area (Å²) in [5.74, 6) is 2.68. The number of hydrogen-bond donors (Lipinski definition) is 3. The molecule has 5 rings (SSSR count). The molecule has 2 aromatic carbocycles. The molecular weight excluding hydrogens is 460 g/mol.